The lowest BCUT2D eigenvalue weighted by Gasteiger charge is -2.11. The highest BCUT2D eigenvalue weighted by atomic mass is 32.2. The fourth-order valence-corrected chi connectivity index (χ4v) is 3.27. The molecular weight excluding hydrogens is 214 g/mol. The van der Waals surface area contributed by atoms with Crippen LogP contribution in [-0.4, -0.2) is 0 Å². The normalized spacial score (nSPS) is 18.4. The molecule has 1 aliphatic heterocycles. The Balaban J connectivity index is 2.15. The third-order valence-corrected chi connectivity index (χ3v) is 4.16. The summed E-state index contributed by atoms with van der Waals surface area (Å²) in [6.07, 6.45) is 0.931. The van der Waals surface area contributed by atoms with Crippen molar-refractivity contribution in [3.63, 3.8) is 0 Å². The SMILES string of the molecule is N[C@H]1Cc2ccccc2Sc2ccccc21. The van der Waals surface area contributed by atoms with Crippen LogP contribution in [0.5, 0.6) is 0 Å². The van der Waals surface area contributed by atoms with Gasteiger partial charge in [0.1, 0.15) is 0 Å². The number of hydrogen-bond donors (Lipinski definition) is 1. The second-order valence-corrected chi connectivity index (χ2v) is 5.14. The van der Waals surface area contributed by atoms with Gasteiger partial charge in [-0.25, -0.2) is 0 Å². The summed E-state index contributed by atoms with van der Waals surface area (Å²) in [7, 11) is 0. The smallest absolute Gasteiger partial charge is 0.0347 e. The summed E-state index contributed by atoms with van der Waals surface area (Å²) in [5.41, 5.74) is 8.87. The van der Waals surface area contributed by atoms with Crippen LogP contribution in [0.15, 0.2) is 58.3 Å². The predicted octanol–water partition coefficient (Wildman–Crippen LogP) is 3.39. The van der Waals surface area contributed by atoms with Crippen molar-refractivity contribution >= 4 is 11.8 Å². The molecule has 0 saturated carbocycles. The first-order valence-corrected chi connectivity index (χ1v) is 6.26. The molecule has 0 fully saturated rings. The summed E-state index contributed by atoms with van der Waals surface area (Å²) >= 11 is 1.83. The van der Waals surface area contributed by atoms with Gasteiger partial charge in [0.05, 0.1) is 0 Å². The first-order chi connectivity index (χ1) is 7.84. The van der Waals surface area contributed by atoms with E-state index < -0.39 is 0 Å². The lowest BCUT2D eigenvalue weighted by atomic mass is 10.00. The van der Waals surface area contributed by atoms with Crippen molar-refractivity contribution in [2.45, 2.75) is 22.3 Å². The van der Waals surface area contributed by atoms with Gasteiger partial charge in [-0.15, -0.1) is 0 Å². The standard InChI is InChI=1S/C14H13NS/c15-12-9-10-5-1-3-7-13(10)16-14-8-4-2-6-11(12)14/h1-8,12H,9,15H2/t12-/m0/s1. The summed E-state index contributed by atoms with van der Waals surface area (Å²) in [6, 6.07) is 17.1. The summed E-state index contributed by atoms with van der Waals surface area (Å²) in [4.78, 5) is 2.63. The Hall–Kier alpha value is -1.25. The molecule has 2 aromatic rings. The van der Waals surface area contributed by atoms with Gasteiger partial charge >= 0.3 is 0 Å². The van der Waals surface area contributed by atoms with Crippen molar-refractivity contribution in [2.24, 2.45) is 5.73 Å². The Morgan fingerprint density at radius 3 is 2.50 bits per heavy atom. The van der Waals surface area contributed by atoms with Crippen LogP contribution < -0.4 is 5.73 Å². The van der Waals surface area contributed by atoms with Crippen LogP contribution in [0.4, 0.5) is 0 Å². The van der Waals surface area contributed by atoms with Crippen LogP contribution in [0.25, 0.3) is 0 Å². The van der Waals surface area contributed by atoms with E-state index in [9.17, 15) is 0 Å². The van der Waals surface area contributed by atoms with Gasteiger partial charge in [-0.05, 0) is 29.7 Å². The van der Waals surface area contributed by atoms with Gasteiger partial charge in [0.25, 0.3) is 0 Å². The molecule has 0 aromatic heterocycles. The largest absolute Gasteiger partial charge is 0.324 e. The number of benzene rings is 2. The molecule has 3 rings (SSSR count). The highest BCUT2D eigenvalue weighted by molar-refractivity contribution is 7.99. The van der Waals surface area contributed by atoms with Gasteiger partial charge in [-0.3, -0.25) is 0 Å². The predicted molar refractivity (Wildman–Crippen MR) is 67.6 cm³/mol. The van der Waals surface area contributed by atoms with E-state index in [1.54, 1.807) is 0 Å². The van der Waals surface area contributed by atoms with Gasteiger partial charge in [0.2, 0.25) is 0 Å². The minimum Gasteiger partial charge on any atom is -0.324 e. The molecule has 1 heterocycles. The molecule has 0 radical (unpaired) electrons. The minimum absolute atomic E-state index is 0.118. The molecule has 16 heavy (non-hydrogen) atoms. The summed E-state index contributed by atoms with van der Waals surface area (Å²) in [5, 5.41) is 0. The molecule has 1 aliphatic rings. The third-order valence-electron chi connectivity index (χ3n) is 2.95. The molecule has 0 saturated heterocycles. The summed E-state index contributed by atoms with van der Waals surface area (Å²) < 4.78 is 0. The zero-order chi connectivity index (χ0) is 11.0. The van der Waals surface area contributed by atoms with Crippen LogP contribution in [-0.2, 0) is 6.42 Å². The molecule has 80 valence electrons. The molecule has 1 nitrogen and oxygen atoms in total. The molecule has 0 bridgehead atoms. The van der Waals surface area contributed by atoms with Crippen molar-refractivity contribution in [1.29, 1.82) is 0 Å². The molecule has 2 N–H and O–H groups in total. The van der Waals surface area contributed by atoms with Gasteiger partial charge in [-0.1, -0.05) is 48.2 Å². The van der Waals surface area contributed by atoms with Crippen molar-refractivity contribution in [3.05, 3.63) is 59.7 Å². The Kier molecular flexibility index (Phi) is 2.46. The van der Waals surface area contributed by atoms with Gasteiger partial charge in [0.15, 0.2) is 0 Å². The highest BCUT2D eigenvalue weighted by Gasteiger charge is 2.18. The van der Waals surface area contributed by atoms with E-state index in [1.807, 2.05) is 11.8 Å². The first-order valence-electron chi connectivity index (χ1n) is 5.45. The van der Waals surface area contributed by atoms with Gasteiger partial charge in [-0.2, -0.15) is 0 Å². The Morgan fingerprint density at radius 2 is 1.62 bits per heavy atom. The molecule has 0 amide bonds. The van der Waals surface area contributed by atoms with Crippen molar-refractivity contribution in [1.82, 2.24) is 0 Å². The molecule has 2 heteroatoms. The molecule has 0 aliphatic carbocycles. The van der Waals surface area contributed by atoms with Crippen LogP contribution in [0.1, 0.15) is 17.2 Å². The Morgan fingerprint density at radius 1 is 0.938 bits per heavy atom. The maximum absolute atomic E-state index is 6.25. The van der Waals surface area contributed by atoms with Crippen molar-refractivity contribution in [2.75, 3.05) is 0 Å². The van der Waals surface area contributed by atoms with E-state index in [4.69, 9.17) is 5.73 Å². The number of rotatable bonds is 0. The average Bonchev–Trinajstić information content (AvgIpc) is 2.45. The monoisotopic (exact) mass is 227 g/mol. The fraction of sp³-hybridized carbons (Fsp3) is 0.143. The van der Waals surface area contributed by atoms with Crippen molar-refractivity contribution < 1.29 is 0 Å². The summed E-state index contributed by atoms with van der Waals surface area (Å²) in [6.45, 7) is 0. The highest BCUT2D eigenvalue weighted by Crippen LogP contribution is 2.39. The fourth-order valence-electron chi connectivity index (χ4n) is 2.12. The lowest BCUT2D eigenvalue weighted by molar-refractivity contribution is 0.706. The molecular formula is C14H13NS. The van der Waals surface area contributed by atoms with Crippen LogP contribution in [0.3, 0.4) is 0 Å². The molecule has 0 unspecified atom stereocenters. The zero-order valence-electron chi connectivity index (χ0n) is 8.89. The second kappa shape index (κ2) is 3.96. The van der Waals surface area contributed by atoms with E-state index in [2.05, 4.69) is 48.5 Å². The van der Waals surface area contributed by atoms with E-state index in [-0.39, 0.29) is 6.04 Å². The average molecular weight is 227 g/mol. The molecule has 0 spiro atoms. The molecule has 2 aromatic carbocycles. The maximum Gasteiger partial charge on any atom is 0.0347 e. The van der Waals surface area contributed by atoms with Crippen LogP contribution >= 0.6 is 11.8 Å². The van der Waals surface area contributed by atoms with Gasteiger partial charge < -0.3 is 5.73 Å². The second-order valence-electron chi connectivity index (χ2n) is 4.06. The number of hydrogen-bond acceptors (Lipinski definition) is 2. The number of nitrogens with two attached hydrogens (primary N) is 1. The number of fused-ring (bicyclic) bond motifs is 2. The Labute approximate surface area is 99.7 Å². The van der Waals surface area contributed by atoms with Crippen molar-refractivity contribution in [3.8, 4) is 0 Å². The third kappa shape index (κ3) is 1.64. The van der Waals surface area contributed by atoms with E-state index in [1.165, 1.54) is 20.9 Å². The minimum atomic E-state index is 0.118. The maximum atomic E-state index is 6.25. The topological polar surface area (TPSA) is 26.0 Å². The van der Waals surface area contributed by atoms with E-state index in [0.29, 0.717) is 0 Å². The van der Waals surface area contributed by atoms with E-state index >= 15 is 0 Å². The van der Waals surface area contributed by atoms with E-state index in [0.717, 1.165) is 6.42 Å². The zero-order valence-corrected chi connectivity index (χ0v) is 9.71. The van der Waals surface area contributed by atoms with Crippen LogP contribution in [0, 0.1) is 0 Å². The first kappa shape index (κ1) is 9.94. The quantitative estimate of drug-likeness (QED) is 0.746. The van der Waals surface area contributed by atoms with Crippen LogP contribution in [0.2, 0.25) is 0 Å². The Bertz CT molecular complexity index is 522. The van der Waals surface area contributed by atoms with Gasteiger partial charge in [0, 0.05) is 15.8 Å². The summed E-state index contributed by atoms with van der Waals surface area (Å²) in [5.74, 6) is 0. The molecule has 1 atom stereocenters. The lowest BCUT2D eigenvalue weighted by Crippen LogP contribution is -2.12.